The summed E-state index contributed by atoms with van der Waals surface area (Å²) in [5, 5.41) is 8.60. The van der Waals surface area contributed by atoms with Gasteiger partial charge in [0.15, 0.2) is 11.5 Å². The van der Waals surface area contributed by atoms with Crippen molar-refractivity contribution in [3.05, 3.63) is 22.2 Å². The maximum Gasteiger partial charge on any atom is 0.507 e. The molecule has 0 saturated carbocycles. The molecule has 122 valence electrons. The fourth-order valence-electron chi connectivity index (χ4n) is 1.82. The second kappa shape index (κ2) is 5.58. The summed E-state index contributed by atoms with van der Waals surface area (Å²) in [5.41, 5.74) is 6.01. The van der Waals surface area contributed by atoms with Crippen molar-refractivity contribution in [3.63, 3.8) is 0 Å². The van der Waals surface area contributed by atoms with Crippen molar-refractivity contribution in [2.75, 3.05) is 0 Å². The first-order chi connectivity index (χ1) is 10.0. The number of carbonyl (C=O) groups is 1. The van der Waals surface area contributed by atoms with Gasteiger partial charge >= 0.3 is 18.2 Å². The average molecular weight is 388 g/mol. The van der Waals surface area contributed by atoms with Gasteiger partial charge in [0.2, 0.25) is 0 Å². The molecule has 1 aliphatic heterocycles. The van der Waals surface area contributed by atoms with E-state index in [1.54, 1.807) is 0 Å². The lowest BCUT2D eigenvalue weighted by Gasteiger charge is -2.32. The van der Waals surface area contributed by atoms with Gasteiger partial charge in [-0.1, -0.05) is 15.9 Å². The fraction of sp³-hybridized carbons (Fsp3) is 0.417. The van der Waals surface area contributed by atoms with E-state index in [-0.39, 0.29) is 22.9 Å². The van der Waals surface area contributed by atoms with E-state index >= 15 is 0 Å². The van der Waals surface area contributed by atoms with Gasteiger partial charge < -0.3 is 20.3 Å². The van der Waals surface area contributed by atoms with Gasteiger partial charge in [0.1, 0.15) is 0 Å². The van der Waals surface area contributed by atoms with Crippen LogP contribution in [0.3, 0.4) is 0 Å². The summed E-state index contributed by atoms with van der Waals surface area (Å²) < 4.78 is 60.6. The third kappa shape index (κ3) is 3.12. The SMILES string of the molecule is NC(CCC(=O)O)c1cc2c(cc1Br)OC(F)(F)C(F)(F)O2. The number of hydrogen-bond acceptors (Lipinski definition) is 4. The van der Waals surface area contributed by atoms with Crippen LogP contribution < -0.4 is 15.2 Å². The number of nitrogens with two attached hydrogens (primary N) is 1. The Morgan fingerprint density at radius 3 is 2.23 bits per heavy atom. The quantitative estimate of drug-likeness (QED) is 0.774. The van der Waals surface area contributed by atoms with E-state index in [0.717, 1.165) is 12.1 Å². The molecule has 0 radical (unpaired) electrons. The lowest BCUT2D eigenvalue weighted by molar-refractivity contribution is -0.391. The largest absolute Gasteiger partial charge is 0.507 e. The number of ether oxygens (including phenoxy) is 2. The molecule has 0 amide bonds. The van der Waals surface area contributed by atoms with Crippen LogP contribution in [0.15, 0.2) is 16.6 Å². The Balaban J connectivity index is 2.33. The molecule has 1 unspecified atom stereocenters. The molecule has 0 saturated heterocycles. The van der Waals surface area contributed by atoms with Gasteiger partial charge in [-0.05, 0) is 24.1 Å². The van der Waals surface area contributed by atoms with E-state index in [1.807, 2.05) is 0 Å². The van der Waals surface area contributed by atoms with Gasteiger partial charge in [0, 0.05) is 16.9 Å². The molecule has 1 atom stereocenters. The topological polar surface area (TPSA) is 81.8 Å². The van der Waals surface area contributed by atoms with Crippen LogP contribution in [0.25, 0.3) is 0 Å². The number of carboxylic acid groups (broad SMARTS) is 1. The first-order valence-electron chi connectivity index (χ1n) is 5.98. The minimum absolute atomic E-state index is 0.0279. The van der Waals surface area contributed by atoms with Crippen molar-refractivity contribution >= 4 is 21.9 Å². The first kappa shape index (κ1) is 16.8. The Morgan fingerprint density at radius 2 is 1.73 bits per heavy atom. The molecule has 1 aliphatic rings. The van der Waals surface area contributed by atoms with E-state index in [4.69, 9.17) is 10.8 Å². The van der Waals surface area contributed by atoms with Crippen LogP contribution in [0.4, 0.5) is 17.6 Å². The molecule has 10 heteroatoms. The summed E-state index contributed by atoms with van der Waals surface area (Å²) in [6, 6.07) is 1.24. The Labute approximate surface area is 130 Å². The van der Waals surface area contributed by atoms with Gasteiger partial charge in [-0.15, -0.1) is 0 Å². The molecule has 22 heavy (non-hydrogen) atoms. The summed E-state index contributed by atoms with van der Waals surface area (Å²) >= 11 is 3.05. The van der Waals surface area contributed by atoms with Gasteiger partial charge in [-0.25, -0.2) is 0 Å². The number of carboxylic acids is 1. The van der Waals surface area contributed by atoms with Crippen LogP contribution in [-0.2, 0) is 4.79 Å². The van der Waals surface area contributed by atoms with E-state index in [0.29, 0.717) is 0 Å². The van der Waals surface area contributed by atoms with E-state index in [2.05, 4.69) is 25.4 Å². The molecule has 0 aliphatic carbocycles. The highest BCUT2D eigenvalue weighted by Gasteiger charge is 2.66. The molecule has 0 spiro atoms. The van der Waals surface area contributed by atoms with Crippen molar-refractivity contribution in [1.82, 2.24) is 0 Å². The monoisotopic (exact) mass is 387 g/mol. The number of halogens is 5. The van der Waals surface area contributed by atoms with Gasteiger partial charge in [-0.2, -0.15) is 17.6 Å². The molecule has 0 bridgehead atoms. The maximum absolute atomic E-state index is 13.1. The van der Waals surface area contributed by atoms with Crippen LogP contribution in [0.1, 0.15) is 24.4 Å². The minimum Gasteiger partial charge on any atom is -0.481 e. The Bertz CT molecular complexity index is 611. The number of alkyl halides is 4. The maximum atomic E-state index is 13.1. The zero-order valence-corrected chi connectivity index (χ0v) is 12.4. The van der Waals surface area contributed by atoms with E-state index in [1.165, 1.54) is 0 Å². The van der Waals surface area contributed by atoms with Crippen LogP contribution in [0.5, 0.6) is 11.5 Å². The highest BCUT2D eigenvalue weighted by molar-refractivity contribution is 9.10. The number of benzene rings is 1. The lowest BCUT2D eigenvalue weighted by atomic mass is 10.0. The van der Waals surface area contributed by atoms with Gasteiger partial charge in [0.25, 0.3) is 0 Å². The number of fused-ring (bicyclic) bond motifs is 1. The first-order valence-corrected chi connectivity index (χ1v) is 6.77. The molecule has 0 aromatic heterocycles. The summed E-state index contributed by atoms with van der Waals surface area (Å²) in [7, 11) is 0. The predicted octanol–water partition coefficient (Wildman–Crippen LogP) is 3.27. The van der Waals surface area contributed by atoms with Crippen molar-refractivity contribution < 1.29 is 36.9 Å². The zero-order chi connectivity index (χ0) is 16.7. The third-order valence-electron chi connectivity index (χ3n) is 2.95. The summed E-state index contributed by atoms with van der Waals surface area (Å²) in [6.45, 7) is 0. The van der Waals surface area contributed by atoms with Crippen LogP contribution >= 0.6 is 15.9 Å². The molecule has 0 fully saturated rings. The minimum atomic E-state index is -4.82. The second-order valence-corrected chi connectivity index (χ2v) is 5.45. The Morgan fingerprint density at radius 1 is 1.23 bits per heavy atom. The predicted molar refractivity (Wildman–Crippen MR) is 69.1 cm³/mol. The van der Waals surface area contributed by atoms with Crippen LogP contribution in [-0.4, -0.2) is 23.3 Å². The molecular formula is C12H10BrF4NO4. The standard InChI is InChI=1S/C12H10BrF4NO4/c13-6-4-9-8(21-11(14,15)12(16,17)22-9)3-5(6)7(18)1-2-10(19)20/h3-4,7H,1-2,18H2,(H,19,20). The van der Waals surface area contributed by atoms with Gasteiger partial charge in [-0.3, -0.25) is 4.79 Å². The highest BCUT2D eigenvalue weighted by atomic mass is 79.9. The van der Waals surface area contributed by atoms with Crippen LogP contribution in [0.2, 0.25) is 0 Å². The lowest BCUT2D eigenvalue weighted by Crippen LogP contribution is -2.52. The zero-order valence-electron chi connectivity index (χ0n) is 10.8. The molecule has 2 rings (SSSR count). The number of rotatable bonds is 4. The average Bonchev–Trinajstić information content (AvgIpc) is 2.36. The van der Waals surface area contributed by atoms with Crippen LogP contribution in [0, 0.1) is 0 Å². The highest BCUT2D eigenvalue weighted by Crippen LogP contribution is 2.49. The van der Waals surface area contributed by atoms with Crippen molar-refractivity contribution in [2.45, 2.75) is 31.1 Å². The molecule has 1 aromatic carbocycles. The molecular weight excluding hydrogens is 378 g/mol. The fourth-order valence-corrected chi connectivity index (χ4v) is 2.44. The Hall–Kier alpha value is -1.55. The normalized spacial score (nSPS) is 19.5. The van der Waals surface area contributed by atoms with E-state index in [9.17, 15) is 22.4 Å². The molecule has 3 N–H and O–H groups in total. The smallest absolute Gasteiger partial charge is 0.481 e. The third-order valence-corrected chi connectivity index (χ3v) is 3.63. The van der Waals surface area contributed by atoms with Crippen molar-refractivity contribution in [3.8, 4) is 11.5 Å². The van der Waals surface area contributed by atoms with Crippen molar-refractivity contribution in [1.29, 1.82) is 0 Å². The molecule has 1 aromatic rings. The van der Waals surface area contributed by atoms with Crippen molar-refractivity contribution in [2.24, 2.45) is 5.73 Å². The van der Waals surface area contributed by atoms with E-state index < -0.39 is 35.7 Å². The van der Waals surface area contributed by atoms with Gasteiger partial charge in [0.05, 0.1) is 0 Å². The summed E-state index contributed by atoms with van der Waals surface area (Å²) in [6.07, 6.45) is -9.83. The summed E-state index contributed by atoms with van der Waals surface area (Å²) in [5.74, 6) is -2.24. The molecule has 1 heterocycles. The summed E-state index contributed by atoms with van der Waals surface area (Å²) in [4.78, 5) is 10.5. The molecule has 5 nitrogen and oxygen atoms in total. The second-order valence-electron chi connectivity index (χ2n) is 4.60. The Kier molecular flexibility index (Phi) is 4.26. The number of hydrogen-bond donors (Lipinski definition) is 2. The number of aliphatic carboxylic acids is 1.